The van der Waals surface area contributed by atoms with E-state index in [-0.39, 0.29) is 6.04 Å². The average molecular weight is 346 g/mol. The van der Waals surface area contributed by atoms with Gasteiger partial charge in [-0.2, -0.15) is 0 Å². The van der Waals surface area contributed by atoms with E-state index in [0.29, 0.717) is 0 Å². The summed E-state index contributed by atoms with van der Waals surface area (Å²) >= 11 is 3.22. The number of ether oxygens (including phenoxy) is 1. The molecule has 110 valence electrons. The number of hydrogen-bond donors (Lipinski definition) is 2. The van der Waals surface area contributed by atoms with E-state index in [1.807, 2.05) is 4.90 Å². The molecule has 2 fully saturated rings. The molecule has 0 bridgehead atoms. The maximum Gasteiger partial charge on any atom is 0.336 e. The first-order valence-corrected chi connectivity index (χ1v) is 7.20. The van der Waals surface area contributed by atoms with Crippen molar-refractivity contribution < 1.29 is 14.3 Å². The number of amides is 3. The monoisotopic (exact) mass is 345 g/mol. The van der Waals surface area contributed by atoms with Gasteiger partial charge in [-0.15, -0.1) is 0 Å². The molecule has 3 aliphatic heterocycles. The summed E-state index contributed by atoms with van der Waals surface area (Å²) in [6.45, 7) is 1.81. The largest absolute Gasteiger partial charge is 0.346 e. The second-order valence-electron chi connectivity index (χ2n) is 5.02. The summed E-state index contributed by atoms with van der Waals surface area (Å²) in [5.41, 5.74) is -1.40. The van der Waals surface area contributed by atoms with Crippen molar-refractivity contribution in [3.63, 3.8) is 0 Å². The molecule has 3 amide bonds. The van der Waals surface area contributed by atoms with Gasteiger partial charge >= 0.3 is 6.03 Å². The van der Waals surface area contributed by atoms with Crippen LogP contribution in [0.25, 0.3) is 0 Å². The van der Waals surface area contributed by atoms with Gasteiger partial charge in [-0.05, 0) is 25.9 Å². The molecule has 2 saturated heterocycles. The third kappa shape index (κ3) is 1.84. The molecule has 0 saturated carbocycles. The van der Waals surface area contributed by atoms with Crippen LogP contribution in [0.4, 0.5) is 4.79 Å². The molecule has 9 heteroatoms. The fourth-order valence-electron chi connectivity index (χ4n) is 2.93. The Morgan fingerprint density at radius 3 is 2.80 bits per heavy atom. The number of hydrogen-bond acceptors (Lipinski definition) is 6. The van der Waals surface area contributed by atoms with Gasteiger partial charge < -0.3 is 15.0 Å². The molecule has 2 atom stereocenters. The van der Waals surface area contributed by atoms with E-state index in [1.165, 1.54) is 11.0 Å². The molecule has 2 N–H and O–H groups in total. The van der Waals surface area contributed by atoms with Crippen LogP contribution in [0.5, 0.6) is 0 Å². The first-order valence-electron chi connectivity index (χ1n) is 6.49. The Bertz CT molecular complexity index is 467. The standard InChI is InChI=1S/C11H16BrN5O3/c1-20-11-8(18)15-10(19)17(12)9(11)16(6-14-11)7-2-4-13-5-3-7/h6-7,9,13H,2-5H2,1H3,(H,15,18,19). The number of urea groups is 1. The number of rotatable bonds is 2. The fourth-order valence-corrected chi connectivity index (χ4v) is 3.51. The highest BCUT2D eigenvalue weighted by molar-refractivity contribution is 9.07. The third-order valence-electron chi connectivity index (χ3n) is 4.01. The second kappa shape index (κ2) is 4.97. The van der Waals surface area contributed by atoms with Crippen molar-refractivity contribution in [2.45, 2.75) is 30.8 Å². The Morgan fingerprint density at radius 1 is 1.45 bits per heavy atom. The highest BCUT2D eigenvalue weighted by Gasteiger charge is 2.60. The Hall–Kier alpha value is -1.19. The lowest BCUT2D eigenvalue weighted by atomic mass is 10.0. The number of aliphatic imine (C=N–C) groups is 1. The molecule has 3 rings (SSSR count). The van der Waals surface area contributed by atoms with Gasteiger partial charge in [-0.3, -0.25) is 10.1 Å². The topological polar surface area (TPSA) is 86.3 Å². The van der Waals surface area contributed by atoms with Crippen LogP contribution in [0.3, 0.4) is 0 Å². The van der Waals surface area contributed by atoms with Crippen LogP contribution >= 0.6 is 16.1 Å². The second-order valence-corrected chi connectivity index (χ2v) is 5.78. The molecule has 0 aromatic carbocycles. The summed E-state index contributed by atoms with van der Waals surface area (Å²) in [7, 11) is 1.42. The molecule has 0 aliphatic carbocycles. The van der Waals surface area contributed by atoms with Crippen molar-refractivity contribution in [1.29, 1.82) is 0 Å². The van der Waals surface area contributed by atoms with Crippen molar-refractivity contribution in [2.75, 3.05) is 20.2 Å². The molecule has 0 aromatic heterocycles. The number of nitrogens with one attached hydrogen (secondary N) is 2. The summed E-state index contributed by atoms with van der Waals surface area (Å²) in [4.78, 5) is 30.2. The summed E-state index contributed by atoms with van der Waals surface area (Å²) in [5, 5.41) is 5.53. The smallest absolute Gasteiger partial charge is 0.336 e. The van der Waals surface area contributed by atoms with E-state index in [0.717, 1.165) is 25.9 Å². The van der Waals surface area contributed by atoms with Crippen LogP contribution in [0, 0.1) is 0 Å². The zero-order valence-corrected chi connectivity index (χ0v) is 12.6. The Kier molecular flexibility index (Phi) is 3.43. The highest BCUT2D eigenvalue weighted by Crippen LogP contribution is 2.36. The summed E-state index contributed by atoms with van der Waals surface area (Å²) in [6, 6.07) is -0.280. The molecular weight excluding hydrogens is 330 g/mol. The van der Waals surface area contributed by atoms with E-state index in [9.17, 15) is 9.59 Å². The van der Waals surface area contributed by atoms with Gasteiger partial charge in [-0.25, -0.2) is 13.7 Å². The number of methoxy groups -OCH3 is 1. The van der Waals surface area contributed by atoms with Crippen LogP contribution in [-0.2, 0) is 9.53 Å². The van der Waals surface area contributed by atoms with E-state index in [2.05, 4.69) is 31.8 Å². The number of imide groups is 1. The molecular formula is C11H16BrN5O3. The third-order valence-corrected chi connectivity index (χ3v) is 4.72. The number of halogens is 1. The molecule has 8 nitrogen and oxygen atoms in total. The van der Waals surface area contributed by atoms with Gasteiger partial charge in [0.1, 0.15) is 0 Å². The van der Waals surface area contributed by atoms with Gasteiger partial charge in [0.25, 0.3) is 11.6 Å². The Morgan fingerprint density at radius 2 is 2.15 bits per heavy atom. The number of carbonyl (C=O) groups is 2. The SMILES string of the molecule is COC12N=CN(C3CCNCC3)C1N(Br)C(=O)NC2=O. The van der Waals surface area contributed by atoms with Crippen molar-refractivity contribution in [3.05, 3.63) is 0 Å². The van der Waals surface area contributed by atoms with Gasteiger partial charge in [0.05, 0.1) is 22.5 Å². The van der Waals surface area contributed by atoms with Crippen molar-refractivity contribution in [2.24, 2.45) is 4.99 Å². The molecule has 0 radical (unpaired) electrons. The lowest BCUT2D eigenvalue weighted by Gasteiger charge is -2.45. The first-order chi connectivity index (χ1) is 9.60. The van der Waals surface area contributed by atoms with Gasteiger partial charge in [0.15, 0.2) is 6.17 Å². The maximum atomic E-state index is 12.2. The molecule has 0 spiro atoms. The first kappa shape index (κ1) is 13.8. The van der Waals surface area contributed by atoms with Crippen molar-refractivity contribution in [1.82, 2.24) is 19.5 Å². The Balaban J connectivity index is 1.93. The quantitative estimate of drug-likeness (QED) is 0.666. The van der Waals surface area contributed by atoms with Crippen LogP contribution < -0.4 is 10.6 Å². The predicted molar refractivity (Wildman–Crippen MR) is 74.1 cm³/mol. The number of fused-ring (bicyclic) bond motifs is 1. The minimum Gasteiger partial charge on any atom is -0.346 e. The lowest BCUT2D eigenvalue weighted by Crippen LogP contribution is -2.70. The molecule has 3 aliphatic rings. The molecule has 3 heterocycles. The van der Waals surface area contributed by atoms with Crippen molar-refractivity contribution >= 4 is 34.4 Å². The Labute approximate surface area is 124 Å². The summed E-state index contributed by atoms with van der Waals surface area (Å²) < 4.78 is 6.66. The number of nitrogens with zero attached hydrogens (tertiary/aromatic N) is 3. The minimum absolute atomic E-state index is 0.223. The van der Waals surface area contributed by atoms with Crippen LogP contribution in [0.15, 0.2) is 4.99 Å². The zero-order chi connectivity index (χ0) is 14.3. The summed E-state index contributed by atoms with van der Waals surface area (Å²) in [5.74, 6) is -0.529. The number of piperidine rings is 1. The predicted octanol–water partition coefficient (Wildman–Crippen LogP) is -0.387. The lowest BCUT2D eigenvalue weighted by molar-refractivity contribution is -0.155. The fraction of sp³-hybridized carbons (Fsp3) is 0.727. The van der Waals surface area contributed by atoms with Crippen LogP contribution in [-0.4, -0.2) is 65.2 Å². The molecule has 2 unspecified atom stereocenters. The van der Waals surface area contributed by atoms with Crippen LogP contribution in [0.1, 0.15) is 12.8 Å². The van der Waals surface area contributed by atoms with Gasteiger partial charge in [-0.1, -0.05) is 0 Å². The minimum atomic E-state index is -1.40. The van der Waals surface area contributed by atoms with Crippen LogP contribution in [0.2, 0.25) is 0 Å². The van der Waals surface area contributed by atoms with E-state index >= 15 is 0 Å². The molecule has 20 heavy (non-hydrogen) atoms. The van der Waals surface area contributed by atoms with E-state index in [1.54, 1.807) is 6.34 Å². The van der Waals surface area contributed by atoms with Gasteiger partial charge in [0, 0.05) is 13.2 Å². The van der Waals surface area contributed by atoms with Crippen molar-refractivity contribution in [3.8, 4) is 0 Å². The maximum absolute atomic E-state index is 12.2. The highest BCUT2D eigenvalue weighted by atomic mass is 79.9. The normalized spacial score (nSPS) is 34.4. The summed E-state index contributed by atoms with van der Waals surface area (Å²) in [6.07, 6.45) is 2.88. The van der Waals surface area contributed by atoms with E-state index in [4.69, 9.17) is 4.74 Å². The zero-order valence-electron chi connectivity index (χ0n) is 11.0. The van der Waals surface area contributed by atoms with E-state index < -0.39 is 23.8 Å². The average Bonchev–Trinajstić information content (AvgIpc) is 2.87. The number of carbonyl (C=O) groups excluding carboxylic acids is 2. The molecule has 0 aromatic rings. The van der Waals surface area contributed by atoms with Gasteiger partial charge in [0.2, 0.25) is 0 Å².